The fraction of sp³-hybridized carbons (Fsp3) is 0.133. The van der Waals surface area contributed by atoms with Crippen LogP contribution in [0.25, 0.3) is 55.6 Å². The quantitative estimate of drug-likeness (QED) is 0.222. The highest BCUT2D eigenvalue weighted by atomic mass is 15.1. The minimum Gasteiger partial charge on any atom is -0.358 e. The molecular formula is C30H27N7. The third-order valence-corrected chi connectivity index (χ3v) is 6.37. The van der Waals surface area contributed by atoms with E-state index < -0.39 is 0 Å². The topological polar surface area (TPSA) is 95.2 Å². The van der Waals surface area contributed by atoms with Gasteiger partial charge < -0.3 is 10.3 Å². The highest BCUT2D eigenvalue weighted by Crippen LogP contribution is 2.34. The lowest BCUT2D eigenvalue weighted by atomic mass is 10.0. The average Bonchev–Trinajstić information content (AvgIpc) is 3.52. The monoisotopic (exact) mass is 485 g/mol. The van der Waals surface area contributed by atoms with Crippen molar-refractivity contribution in [2.75, 3.05) is 5.32 Å². The normalized spacial score (nSPS) is 11.4. The largest absolute Gasteiger partial charge is 0.358 e. The van der Waals surface area contributed by atoms with Crippen LogP contribution in [0.2, 0.25) is 0 Å². The van der Waals surface area contributed by atoms with E-state index in [2.05, 4.69) is 92.3 Å². The number of hydrogen-bond donors (Lipinski definition) is 3. The van der Waals surface area contributed by atoms with Crippen molar-refractivity contribution in [3.05, 3.63) is 91.8 Å². The molecule has 1 aromatic carbocycles. The van der Waals surface area contributed by atoms with Crippen molar-refractivity contribution in [2.45, 2.75) is 20.3 Å². The number of H-pyrrole nitrogens is 2. The highest BCUT2D eigenvalue weighted by Gasteiger charge is 2.15. The Morgan fingerprint density at radius 2 is 1.81 bits per heavy atom. The first-order valence-corrected chi connectivity index (χ1v) is 12.3. The molecule has 0 unspecified atom stereocenters. The Balaban J connectivity index is 1.38. The summed E-state index contributed by atoms with van der Waals surface area (Å²) >= 11 is 0. The molecule has 3 N–H and O–H groups in total. The minimum atomic E-state index is 0.540. The molecule has 182 valence electrons. The zero-order chi connectivity index (χ0) is 25.4. The van der Waals surface area contributed by atoms with Gasteiger partial charge in [0.25, 0.3) is 0 Å². The van der Waals surface area contributed by atoms with Crippen LogP contribution in [-0.4, -0.2) is 30.1 Å². The zero-order valence-electron chi connectivity index (χ0n) is 20.8. The van der Waals surface area contributed by atoms with Crippen molar-refractivity contribution in [3.63, 3.8) is 0 Å². The summed E-state index contributed by atoms with van der Waals surface area (Å²) in [6, 6.07) is 16.5. The van der Waals surface area contributed by atoms with Crippen LogP contribution in [0.5, 0.6) is 0 Å². The van der Waals surface area contributed by atoms with Crippen LogP contribution in [0, 0.1) is 5.92 Å². The van der Waals surface area contributed by atoms with Crippen LogP contribution in [0.4, 0.5) is 5.69 Å². The Morgan fingerprint density at radius 1 is 0.919 bits per heavy atom. The number of fused-ring (bicyclic) bond motifs is 2. The number of nitrogens with one attached hydrogen (secondary N) is 3. The summed E-state index contributed by atoms with van der Waals surface area (Å²) in [6.45, 7) is 8.52. The second-order valence-electron chi connectivity index (χ2n) is 9.67. The van der Waals surface area contributed by atoms with Gasteiger partial charge in [-0.3, -0.25) is 15.1 Å². The maximum absolute atomic E-state index is 4.65. The van der Waals surface area contributed by atoms with Crippen LogP contribution >= 0.6 is 0 Å². The third-order valence-electron chi connectivity index (χ3n) is 6.37. The van der Waals surface area contributed by atoms with E-state index in [4.69, 9.17) is 0 Å². The number of nitrogens with zero attached hydrogens (tertiary/aromatic N) is 4. The molecule has 37 heavy (non-hydrogen) atoms. The van der Waals surface area contributed by atoms with Gasteiger partial charge in [0, 0.05) is 52.4 Å². The van der Waals surface area contributed by atoms with E-state index in [0.717, 1.165) is 73.4 Å². The molecule has 6 aromatic rings. The van der Waals surface area contributed by atoms with E-state index in [1.807, 2.05) is 36.9 Å². The van der Waals surface area contributed by atoms with E-state index >= 15 is 0 Å². The van der Waals surface area contributed by atoms with Crippen LogP contribution in [0.3, 0.4) is 0 Å². The number of aromatic amines is 2. The van der Waals surface area contributed by atoms with E-state index in [0.29, 0.717) is 5.92 Å². The molecule has 0 aliphatic rings. The first kappa shape index (κ1) is 22.7. The Hall–Kier alpha value is -4.78. The standard InChI is InChI=1S/C30H27N7/c1-18(2)11-19(3)34-23-12-22(16-32-17-23)20-6-7-27-26(13-20)29(37-36-27)28-14-25-24(8-10-33-30(25)35-28)21-5-4-9-31-15-21/h4-10,12-18,34H,3,11H2,1-2H3,(H,33,35)(H,36,37). The Labute approximate surface area is 214 Å². The summed E-state index contributed by atoms with van der Waals surface area (Å²) in [4.78, 5) is 16.8. The fourth-order valence-electron chi connectivity index (χ4n) is 4.74. The molecule has 0 fully saturated rings. The zero-order valence-corrected chi connectivity index (χ0v) is 20.8. The molecule has 0 spiro atoms. The lowest BCUT2D eigenvalue weighted by Gasteiger charge is -2.12. The molecule has 0 atom stereocenters. The van der Waals surface area contributed by atoms with Crippen molar-refractivity contribution in [3.8, 4) is 33.6 Å². The van der Waals surface area contributed by atoms with E-state index in [1.54, 1.807) is 6.20 Å². The van der Waals surface area contributed by atoms with E-state index in [-0.39, 0.29) is 0 Å². The molecule has 0 radical (unpaired) electrons. The van der Waals surface area contributed by atoms with Crippen LogP contribution in [0.15, 0.2) is 91.8 Å². The molecule has 0 amide bonds. The molecule has 0 aliphatic heterocycles. The van der Waals surface area contributed by atoms with Crippen molar-refractivity contribution >= 4 is 27.6 Å². The number of aromatic nitrogens is 6. The lowest BCUT2D eigenvalue weighted by molar-refractivity contribution is 0.645. The van der Waals surface area contributed by atoms with Crippen molar-refractivity contribution in [1.29, 1.82) is 0 Å². The summed E-state index contributed by atoms with van der Waals surface area (Å²) in [5, 5.41) is 13.3. The number of anilines is 1. The number of hydrogen-bond acceptors (Lipinski definition) is 5. The van der Waals surface area contributed by atoms with Gasteiger partial charge in [-0.25, -0.2) is 4.98 Å². The summed E-state index contributed by atoms with van der Waals surface area (Å²) < 4.78 is 0. The van der Waals surface area contributed by atoms with Gasteiger partial charge in [0.05, 0.1) is 23.1 Å². The van der Waals surface area contributed by atoms with Gasteiger partial charge in [0.2, 0.25) is 0 Å². The Kier molecular flexibility index (Phi) is 5.73. The molecule has 5 heterocycles. The molecule has 0 aliphatic carbocycles. The van der Waals surface area contributed by atoms with Gasteiger partial charge in [-0.05, 0) is 59.9 Å². The number of pyridine rings is 3. The third kappa shape index (κ3) is 4.47. The maximum Gasteiger partial charge on any atom is 0.138 e. The Bertz CT molecular complexity index is 1730. The number of benzene rings is 1. The molecule has 0 bridgehead atoms. The molecule has 0 saturated heterocycles. The summed E-state index contributed by atoms with van der Waals surface area (Å²) in [5.74, 6) is 0.540. The minimum absolute atomic E-state index is 0.540. The van der Waals surface area contributed by atoms with Gasteiger partial charge in [-0.1, -0.05) is 32.6 Å². The number of rotatable bonds is 7. The smallest absolute Gasteiger partial charge is 0.138 e. The first-order valence-electron chi connectivity index (χ1n) is 12.3. The predicted octanol–water partition coefficient (Wildman–Crippen LogP) is 7.20. The van der Waals surface area contributed by atoms with Crippen LogP contribution < -0.4 is 5.32 Å². The maximum atomic E-state index is 4.65. The van der Waals surface area contributed by atoms with Gasteiger partial charge >= 0.3 is 0 Å². The highest BCUT2D eigenvalue weighted by molar-refractivity contribution is 6.00. The van der Waals surface area contributed by atoms with Crippen LogP contribution in [0.1, 0.15) is 20.3 Å². The summed E-state index contributed by atoms with van der Waals surface area (Å²) in [7, 11) is 0. The molecule has 7 heteroatoms. The number of allylic oxidation sites excluding steroid dienone is 1. The summed E-state index contributed by atoms with van der Waals surface area (Å²) in [5.41, 5.74) is 9.65. The van der Waals surface area contributed by atoms with E-state index in [9.17, 15) is 0 Å². The fourth-order valence-corrected chi connectivity index (χ4v) is 4.74. The van der Waals surface area contributed by atoms with Crippen molar-refractivity contribution in [2.24, 2.45) is 5.92 Å². The second-order valence-corrected chi connectivity index (χ2v) is 9.67. The first-order chi connectivity index (χ1) is 18.0. The SMILES string of the molecule is C=C(CC(C)C)Nc1cncc(-c2ccc3[nH]nc(-c4cc5c(-c6cccnc6)ccnc5[nH]4)c3c2)c1. The van der Waals surface area contributed by atoms with Gasteiger partial charge in [0.15, 0.2) is 0 Å². The Morgan fingerprint density at radius 3 is 2.65 bits per heavy atom. The average molecular weight is 486 g/mol. The van der Waals surface area contributed by atoms with Crippen LogP contribution in [-0.2, 0) is 0 Å². The second kappa shape index (κ2) is 9.35. The van der Waals surface area contributed by atoms with Crippen molar-refractivity contribution < 1.29 is 0 Å². The summed E-state index contributed by atoms with van der Waals surface area (Å²) in [6.07, 6.45) is 10.1. The molecule has 5 aromatic heterocycles. The molecule has 6 rings (SSSR count). The van der Waals surface area contributed by atoms with Gasteiger partial charge in [-0.2, -0.15) is 5.10 Å². The lowest BCUT2D eigenvalue weighted by Crippen LogP contribution is -2.02. The van der Waals surface area contributed by atoms with Crippen molar-refractivity contribution in [1.82, 2.24) is 30.1 Å². The molecule has 0 saturated carbocycles. The molecule has 7 nitrogen and oxygen atoms in total. The van der Waals surface area contributed by atoms with E-state index in [1.165, 1.54) is 0 Å². The van der Waals surface area contributed by atoms with Gasteiger partial charge in [-0.15, -0.1) is 0 Å². The predicted molar refractivity (Wildman–Crippen MR) is 150 cm³/mol. The molecular weight excluding hydrogens is 458 g/mol. The van der Waals surface area contributed by atoms with Gasteiger partial charge in [0.1, 0.15) is 11.3 Å².